The Morgan fingerprint density at radius 2 is 1.29 bits per heavy atom. The van der Waals surface area contributed by atoms with Gasteiger partial charge in [-0.25, -0.2) is 0 Å². The van der Waals surface area contributed by atoms with E-state index < -0.39 is 0 Å². The van der Waals surface area contributed by atoms with Gasteiger partial charge in [-0.15, -0.1) is 0 Å². The largest absolute Gasteiger partial charge is 0.456 e. The molecule has 0 N–H and O–H groups in total. The van der Waals surface area contributed by atoms with E-state index in [2.05, 4.69) is 18.2 Å². The van der Waals surface area contributed by atoms with E-state index >= 15 is 0 Å². The first-order chi connectivity index (χ1) is 10.4. The molecule has 3 aromatic rings. The van der Waals surface area contributed by atoms with Crippen LogP contribution in [0.15, 0.2) is 78.9 Å². The quantitative estimate of drug-likeness (QED) is 0.670. The topological polar surface area (TPSA) is 33.0 Å². The Labute approximate surface area is 123 Å². The molecule has 0 fully saturated rings. The molecule has 3 rings (SSSR count). The number of hydrogen-bond acceptors (Lipinski definition) is 2. The molecule has 0 radical (unpaired) electrons. The van der Waals surface area contributed by atoms with Gasteiger partial charge in [0.25, 0.3) is 0 Å². The van der Waals surface area contributed by atoms with Gasteiger partial charge in [0, 0.05) is 0 Å². The van der Waals surface area contributed by atoms with Gasteiger partial charge >= 0.3 is 0 Å². The van der Waals surface area contributed by atoms with Crippen molar-refractivity contribution >= 4 is 0 Å². The van der Waals surface area contributed by atoms with E-state index in [-0.39, 0.29) is 0 Å². The number of hydrogen-bond donors (Lipinski definition) is 0. The molecule has 0 spiro atoms. The third-order valence-corrected chi connectivity index (χ3v) is 3.20. The van der Waals surface area contributed by atoms with Gasteiger partial charge in [-0.05, 0) is 35.4 Å². The van der Waals surface area contributed by atoms with Crippen molar-refractivity contribution in [1.82, 2.24) is 0 Å². The van der Waals surface area contributed by atoms with Crippen LogP contribution in [-0.4, -0.2) is 0 Å². The molecule has 0 heterocycles. The van der Waals surface area contributed by atoms with Gasteiger partial charge in [0.05, 0.1) is 5.56 Å². The molecule has 0 aliphatic heterocycles. The van der Waals surface area contributed by atoms with Crippen molar-refractivity contribution in [3.05, 3.63) is 84.4 Å². The summed E-state index contributed by atoms with van der Waals surface area (Å²) in [6.45, 7) is 0. The van der Waals surface area contributed by atoms with Gasteiger partial charge in [0.1, 0.15) is 17.6 Å². The first-order valence-electron chi connectivity index (χ1n) is 6.69. The van der Waals surface area contributed by atoms with Gasteiger partial charge in [0.2, 0.25) is 0 Å². The number of para-hydroxylation sites is 1. The third-order valence-electron chi connectivity index (χ3n) is 3.20. The van der Waals surface area contributed by atoms with E-state index in [1.165, 1.54) is 5.56 Å². The van der Waals surface area contributed by atoms with E-state index in [4.69, 9.17) is 10.00 Å². The molecule has 0 amide bonds. The molecule has 2 nitrogen and oxygen atoms in total. The lowest BCUT2D eigenvalue weighted by Crippen LogP contribution is -1.87. The average Bonchev–Trinajstić information content (AvgIpc) is 2.57. The summed E-state index contributed by atoms with van der Waals surface area (Å²) < 4.78 is 5.77. The van der Waals surface area contributed by atoms with Crippen LogP contribution >= 0.6 is 0 Å². The molecular weight excluding hydrogens is 258 g/mol. The average molecular weight is 271 g/mol. The zero-order chi connectivity index (χ0) is 14.5. The first-order valence-corrected chi connectivity index (χ1v) is 6.69. The van der Waals surface area contributed by atoms with Crippen molar-refractivity contribution in [2.24, 2.45) is 0 Å². The zero-order valence-corrected chi connectivity index (χ0v) is 11.4. The molecule has 21 heavy (non-hydrogen) atoms. The summed E-state index contributed by atoms with van der Waals surface area (Å²) in [4.78, 5) is 0. The summed E-state index contributed by atoms with van der Waals surface area (Å²) in [7, 11) is 0. The zero-order valence-electron chi connectivity index (χ0n) is 11.4. The van der Waals surface area contributed by atoms with Crippen LogP contribution in [0.1, 0.15) is 5.56 Å². The second-order valence-electron chi connectivity index (χ2n) is 4.60. The summed E-state index contributed by atoms with van der Waals surface area (Å²) in [5, 5.41) is 9.06. The van der Waals surface area contributed by atoms with Crippen molar-refractivity contribution in [2.45, 2.75) is 0 Å². The van der Waals surface area contributed by atoms with Crippen LogP contribution < -0.4 is 4.74 Å². The molecule has 100 valence electrons. The highest BCUT2D eigenvalue weighted by Gasteiger charge is 2.04. The van der Waals surface area contributed by atoms with Crippen LogP contribution in [0.3, 0.4) is 0 Å². The highest BCUT2D eigenvalue weighted by Crippen LogP contribution is 2.27. The van der Waals surface area contributed by atoms with Crippen molar-refractivity contribution in [1.29, 1.82) is 5.26 Å². The van der Waals surface area contributed by atoms with Crippen LogP contribution in [0.5, 0.6) is 11.5 Å². The Balaban J connectivity index is 1.84. The Kier molecular flexibility index (Phi) is 3.66. The third kappa shape index (κ3) is 2.93. The van der Waals surface area contributed by atoms with Crippen LogP contribution in [0, 0.1) is 11.3 Å². The molecule has 0 saturated heterocycles. The van der Waals surface area contributed by atoms with Crippen LogP contribution in [0.25, 0.3) is 11.1 Å². The summed E-state index contributed by atoms with van der Waals surface area (Å²) in [5.41, 5.74) is 2.84. The van der Waals surface area contributed by atoms with Crippen molar-refractivity contribution in [3.63, 3.8) is 0 Å². The number of benzene rings is 3. The Hall–Kier alpha value is -3.05. The maximum Gasteiger partial charge on any atom is 0.145 e. The molecule has 3 aromatic carbocycles. The fourth-order valence-electron chi connectivity index (χ4n) is 2.12. The molecule has 0 atom stereocenters. The number of rotatable bonds is 3. The van der Waals surface area contributed by atoms with E-state index in [0.29, 0.717) is 11.3 Å². The fraction of sp³-hybridized carbons (Fsp3) is 0. The van der Waals surface area contributed by atoms with Gasteiger partial charge in [-0.2, -0.15) is 5.26 Å². The monoisotopic (exact) mass is 271 g/mol. The molecule has 0 saturated carbocycles. The van der Waals surface area contributed by atoms with Crippen molar-refractivity contribution in [2.75, 3.05) is 0 Å². The fourth-order valence-corrected chi connectivity index (χ4v) is 2.12. The summed E-state index contributed by atoms with van der Waals surface area (Å²) >= 11 is 0. The van der Waals surface area contributed by atoms with Gasteiger partial charge in [-0.3, -0.25) is 0 Å². The molecular formula is C19H13NO. The summed E-state index contributed by atoms with van der Waals surface area (Å²) in [6.07, 6.45) is 0. The van der Waals surface area contributed by atoms with Gasteiger partial charge in [0.15, 0.2) is 0 Å². The van der Waals surface area contributed by atoms with Gasteiger partial charge < -0.3 is 4.74 Å². The number of nitrogens with zero attached hydrogens (tertiary/aromatic N) is 1. The Morgan fingerprint density at radius 3 is 2.00 bits per heavy atom. The van der Waals surface area contributed by atoms with E-state index in [0.717, 1.165) is 11.3 Å². The molecule has 0 unspecified atom stereocenters. The second kappa shape index (κ2) is 5.94. The normalized spacial score (nSPS) is 9.86. The van der Waals surface area contributed by atoms with E-state index in [1.54, 1.807) is 12.1 Å². The molecule has 0 aliphatic carbocycles. The minimum absolute atomic E-state index is 0.532. The highest BCUT2D eigenvalue weighted by molar-refractivity contribution is 5.64. The molecule has 0 aromatic heterocycles. The first kappa shape index (κ1) is 13.0. The van der Waals surface area contributed by atoms with Crippen LogP contribution in [0.4, 0.5) is 0 Å². The van der Waals surface area contributed by atoms with Gasteiger partial charge in [-0.1, -0.05) is 54.6 Å². The van der Waals surface area contributed by atoms with E-state index in [1.807, 2.05) is 54.6 Å². The van der Waals surface area contributed by atoms with Crippen LogP contribution in [-0.2, 0) is 0 Å². The summed E-state index contributed by atoms with van der Waals surface area (Å²) in [6, 6.07) is 27.4. The minimum Gasteiger partial charge on any atom is -0.456 e. The maximum atomic E-state index is 9.06. The van der Waals surface area contributed by atoms with Crippen LogP contribution in [0.2, 0.25) is 0 Å². The smallest absolute Gasteiger partial charge is 0.145 e. The highest BCUT2D eigenvalue weighted by atomic mass is 16.5. The lowest BCUT2D eigenvalue weighted by atomic mass is 10.1. The molecule has 0 bridgehead atoms. The van der Waals surface area contributed by atoms with Crippen molar-refractivity contribution < 1.29 is 4.74 Å². The predicted octanol–water partition coefficient (Wildman–Crippen LogP) is 5.02. The maximum absolute atomic E-state index is 9.06. The standard InChI is InChI=1S/C19H13NO/c20-14-17-8-4-5-9-19(17)21-18-12-10-16(11-13-18)15-6-2-1-3-7-15/h1-13H. The predicted molar refractivity (Wildman–Crippen MR) is 83.1 cm³/mol. The van der Waals surface area contributed by atoms with Crippen molar-refractivity contribution in [3.8, 4) is 28.7 Å². The lowest BCUT2D eigenvalue weighted by Gasteiger charge is -2.08. The SMILES string of the molecule is N#Cc1ccccc1Oc1ccc(-c2ccccc2)cc1. The lowest BCUT2D eigenvalue weighted by molar-refractivity contribution is 0.481. The number of ether oxygens (including phenoxy) is 1. The molecule has 0 aliphatic rings. The second-order valence-corrected chi connectivity index (χ2v) is 4.60. The molecule has 2 heteroatoms. The minimum atomic E-state index is 0.532. The summed E-state index contributed by atoms with van der Waals surface area (Å²) in [5.74, 6) is 1.30. The Bertz CT molecular complexity index is 771. The Morgan fingerprint density at radius 1 is 0.667 bits per heavy atom. The van der Waals surface area contributed by atoms with E-state index in [9.17, 15) is 0 Å². The number of nitriles is 1.